The highest BCUT2D eigenvalue weighted by Crippen LogP contribution is 2.27. The first-order chi connectivity index (χ1) is 10.5. The van der Waals surface area contributed by atoms with Crippen molar-refractivity contribution in [1.29, 1.82) is 0 Å². The topological polar surface area (TPSA) is 66.5 Å². The Morgan fingerprint density at radius 3 is 2.64 bits per heavy atom. The lowest BCUT2D eigenvalue weighted by Gasteiger charge is -2.21. The smallest absolute Gasteiger partial charge is 0.317 e. The van der Waals surface area contributed by atoms with Gasteiger partial charge < -0.3 is 10.2 Å². The van der Waals surface area contributed by atoms with Gasteiger partial charge in [-0.2, -0.15) is 0 Å². The maximum atomic E-state index is 12.1. The lowest BCUT2D eigenvalue weighted by molar-refractivity contribution is 0.200. The predicted octanol–water partition coefficient (Wildman–Crippen LogP) is 2.01. The molecular weight excluding hydrogens is 300 g/mol. The number of amides is 2. The van der Waals surface area contributed by atoms with E-state index in [1.807, 2.05) is 6.07 Å². The SMILES string of the molecule is CS(=O)(=O)CCNC(=O)N1CCC[C@@H](c2ccccc2)CC1. The monoisotopic (exact) mass is 324 g/mol. The summed E-state index contributed by atoms with van der Waals surface area (Å²) in [6, 6.07) is 10.3. The van der Waals surface area contributed by atoms with Crippen LogP contribution in [0.15, 0.2) is 30.3 Å². The summed E-state index contributed by atoms with van der Waals surface area (Å²) >= 11 is 0. The Kier molecular flexibility index (Phi) is 5.83. The lowest BCUT2D eigenvalue weighted by Crippen LogP contribution is -2.42. The second-order valence-corrected chi connectivity index (χ2v) is 8.15. The summed E-state index contributed by atoms with van der Waals surface area (Å²) < 4.78 is 22.2. The number of nitrogens with one attached hydrogen (secondary N) is 1. The highest BCUT2D eigenvalue weighted by molar-refractivity contribution is 7.90. The van der Waals surface area contributed by atoms with E-state index in [1.165, 1.54) is 11.8 Å². The number of likely N-dealkylation sites (tertiary alicyclic amines) is 1. The van der Waals surface area contributed by atoms with Crippen LogP contribution >= 0.6 is 0 Å². The maximum Gasteiger partial charge on any atom is 0.317 e. The summed E-state index contributed by atoms with van der Waals surface area (Å²) in [6.07, 6.45) is 4.18. The average molecular weight is 324 g/mol. The zero-order chi connectivity index (χ0) is 16.0. The van der Waals surface area contributed by atoms with Crippen molar-refractivity contribution in [1.82, 2.24) is 10.2 Å². The van der Waals surface area contributed by atoms with Crippen molar-refractivity contribution in [2.24, 2.45) is 0 Å². The van der Waals surface area contributed by atoms with Crippen molar-refractivity contribution in [2.45, 2.75) is 25.2 Å². The molecule has 0 aromatic heterocycles. The highest BCUT2D eigenvalue weighted by atomic mass is 32.2. The molecule has 1 N–H and O–H groups in total. The molecule has 22 heavy (non-hydrogen) atoms. The van der Waals surface area contributed by atoms with E-state index in [2.05, 4.69) is 29.6 Å². The molecule has 1 aliphatic heterocycles. The molecule has 1 aromatic carbocycles. The van der Waals surface area contributed by atoms with Crippen molar-refractivity contribution in [2.75, 3.05) is 31.6 Å². The van der Waals surface area contributed by atoms with E-state index in [4.69, 9.17) is 0 Å². The molecule has 1 saturated heterocycles. The Morgan fingerprint density at radius 1 is 1.23 bits per heavy atom. The average Bonchev–Trinajstić information content (AvgIpc) is 2.72. The van der Waals surface area contributed by atoms with E-state index >= 15 is 0 Å². The number of benzene rings is 1. The van der Waals surface area contributed by atoms with Crippen LogP contribution < -0.4 is 5.32 Å². The van der Waals surface area contributed by atoms with Gasteiger partial charge in [-0.3, -0.25) is 0 Å². The van der Waals surface area contributed by atoms with Gasteiger partial charge in [0.05, 0.1) is 5.75 Å². The Labute approximate surface area is 132 Å². The first-order valence-electron chi connectivity index (χ1n) is 7.71. The molecule has 0 unspecified atom stereocenters. The normalized spacial score (nSPS) is 19.5. The van der Waals surface area contributed by atoms with Gasteiger partial charge in [-0.1, -0.05) is 30.3 Å². The van der Waals surface area contributed by atoms with E-state index in [-0.39, 0.29) is 18.3 Å². The minimum atomic E-state index is -3.04. The summed E-state index contributed by atoms with van der Waals surface area (Å²) in [6.45, 7) is 1.62. The molecule has 5 nitrogen and oxygen atoms in total. The zero-order valence-corrected chi connectivity index (χ0v) is 13.8. The number of carbonyl (C=O) groups excluding carboxylic acids is 1. The molecule has 0 saturated carbocycles. The molecule has 0 spiro atoms. The van der Waals surface area contributed by atoms with Crippen LogP contribution in [0, 0.1) is 0 Å². The third-order valence-corrected chi connectivity index (χ3v) is 4.98. The summed E-state index contributed by atoms with van der Waals surface area (Å²) in [5.41, 5.74) is 1.34. The first kappa shape index (κ1) is 16.8. The van der Waals surface area contributed by atoms with Gasteiger partial charge in [0.2, 0.25) is 0 Å². The van der Waals surface area contributed by atoms with Gasteiger partial charge >= 0.3 is 6.03 Å². The second-order valence-electron chi connectivity index (χ2n) is 5.89. The number of rotatable bonds is 4. The van der Waals surface area contributed by atoms with Crippen LogP contribution in [0.2, 0.25) is 0 Å². The molecular formula is C16H24N2O3S. The summed E-state index contributed by atoms with van der Waals surface area (Å²) in [7, 11) is -3.04. The molecule has 6 heteroatoms. The van der Waals surface area contributed by atoms with E-state index < -0.39 is 9.84 Å². The Balaban J connectivity index is 1.83. The van der Waals surface area contributed by atoms with E-state index in [0.717, 1.165) is 25.8 Å². The molecule has 122 valence electrons. The number of carbonyl (C=O) groups is 1. The first-order valence-corrected chi connectivity index (χ1v) is 9.77. The Bertz CT molecular complexity index is 587. The summed E-state index contributed by atoms with van der Waals surface area (Å²) in [4.78, 5) is 13.9. The molecule has 2 rings (SSSR count). The fraction of sp³-hybridized carbons (Fsp3) is 0.562. The Hall–Kier alpha value is -1.56. The van der Waals surface area contributed by atoms with Crippen molar-refractivity contribution in [3.05, 3.63) is 35.9 Å². The van der Waals surface area contributed by atoms with Crippen LogP contribution in [-0.4, -0.2) is 51.0 Å². The number of sulfone groups is 1. The van der Waals surface area contributed by atoms with Gasteiger partial charge in [0, 0.05) is 25.9 Å². The Morgan fingerprint density at radius 2 is 1.95 bits per heavy atom. The van der Waals surface area contributed by atoms with Gasteiger partial charge in [0.25, 0.3) is 0 Å². The minimum Gasteiger partial charge on any atom is -0.337 e. The molecule has 2 amide bonds. The van der Waals surface area contributed by atoms with Crippen molar-refractivity contribution in [3.63, 3.8) is 0 Å². The van der Waals surface area contributed by atoms with Gasteiger partial charge in [-0.15, -0.1) is 0 Å². The molecule has 1 aliphatic rings. The fourth-order valence-corrected chi connectivity index (χ4v) is 3.29. The van der Waals surface area contributed by atoms with E-state index in [9.17, 15) is 13.2 Å². The number of nitrogens with zero attached hydrogens (tertiary/aromatic N) is 1. The third-order valence-electron chi connectivity index (χ3n) is 4.04. The summed E-state index contributed by atoms with van der Waals surface area (Å²) in [5.74, 6) is 0.481. The van der Waals surface area contributed by atoms with Crippen molar-refractivity contribution >= 4 is 15.9 Å². The van der Waals surface area contributed by atoms with Crippen LogP contribution in [0.3, 0.4) is 0 Å². The third kappa shape index (κ3) is 5.33. The zero-order valence-electron chi connectivity index (χ0n) is 13.0. The lowest BCUT2D eigenvalue weighted by atomic mass is 9.92. The van der Waals surface area contributed by atoms with Crippen molar-refractivity contribution in [3.8, 4) is 0 Å². The molecule has 0 bridgehead atoms. The minimum absolute atomic E-state index is 0.0147. The molecule has 1 heterocycles. The van der Waals surface area contributed by atoms with Crippen LogP contribution in [0.4, 0.5) is 4.79 Å². The largest absolute Gasteiger partial charge is 0.337 e. The summed E-state index contributed by atoms with van der Waals surface area (Å²) in [5, 5.41) is 2.70. The van der Waals surface area contributed by atoms with Crippen LogP contribution in [0.25, 0.3) is 0 Å². The molecule has 1 atom stereocenters. The molecule has 1 aromatic rings. The fourth-order valence-electron chi connectivity index (χ4n) is 2.81. The van der Waals surface area contributed by atoms with E-state index in [1.54, 1.807) is 4.90 Å². The van der Waals surface area contributed by atoms with Crippen molar-refractivity contribution < 1.29 is 13.2 Å². The van der Waals surface area contributed by atoms with Crippen LogP contribution in [0.5, 0.6) is 0 Å². The number of urea groups is 1. The predicted molar refractivity (Wildman–Crippen MR) is 87.7 cm³/mol. The maximum absolute atomic E-state index is 12.1. The number of hydrogen-bond donors (Lipinski definition) is 1. The van der Waals surface area contributed by atoms with Gasteiger partial charge in [0.15, 0.2) is 0 Å². The quantitative estimate of drug-likeness (QED) is 0.921. The van der Waals surface area contributed by atoms with Gasteiger partial charge in [-0.05, 0) is 30.7 Å². The van der Waals surface area contributed by atoms with Gasteiger partial charge in [-0.25, -0.2) is 13.2 Å². The second kappa shape index (κ2) is 7.63. The van der Waals surface area contributed by atoms with Crippen LogP contribution in [0.1, 0.15) is 30.7 Å². The van der Waals surface area contributed by atoms with Crippen LogP contribution in [-0.2, 0) is 9.84 Å². The molecule has 1 fully saturated rings. The standard InChI is InChI=1S/C16H24N2O3S/c1-22(20,21)13-10-17-16(19)18-11-5-8-15(9-12-18)14-6-3-2-4-7-14/h2-4,6-7,15H,5,8-13H2,1H3,(H,17,19)/t15-/m1/s1. The van der Waals surface area contributed by atoms with Gasteiger partial charge in [0.1, 0.15) is 9.84 Å². The van der Waals surface area contributed by atoms with E-state index in [0.29, 0.717) is 12.5 Å². The molecule has 0 aliphatic carbocycles. The molecule has 0 radical (unpaired) electrons. The highest BCUT2D eigenvalue weighted by Gasteiger charge is 2.21. The number of hydrogen-bond acceptors (Lipinski definition) is 3.